The summed E-state index contributed by atoms with van der Waals surface area (Å²) in [5, 5.41) is 0. The van der Waals surface area contributed by atoms with Crippen LogP contribution >= 0.6 is 0 Å². The second-order valence-electron chi connectivity index (χ2n) is 8.50. The number of benzene rings is 2. The number of ether oxygens (including phenoxy) is 2. The highest BCUT2D eigenvalue weighted by Crippen LogP contribution is 2.38. The van der Waals surface area contributed by atoms with Crippen molar-refractivity contribution in [2.75, 3.05) is 13.2 Å². The zero-order chi connectivity index (χ0) is 25.8. The van der Waals surface area contributed by atoms with Crippen LogP contribution in [0.4, 0.5) is 31.1 Å². The number of nitrogens with zero attached hydrogens (tertiary/aromatic N) is 1. The molecule has 2 N–H and O–H groups in total. The molecule has 1 aliphatic rings. The summed E-state index contributed by atoms with van der Waals surface area (Å²) in [6.07, 6.45) is -10.6. The first-order chi connectivity index (χ1) is 16.3. The molecule has 1 heterocycles. The molecule has 1 saturated heterocycles. The summed E-state index contributed by atoms with van der Waals surface area (Å²) in [7, 11) is 0. The van der Waals surface area contributed by atoms with Crippen LogP contribution in [0, 0.1) is 0 Å². The third-order valence-electron chi connectivity index (χ3n) is 5.80. The van der Waals surface area contributed by atoms with Crippen LogP contribution in [-0.4, -0.2) is 36.2 Å². The molecule has 2 aromatic carbocycles. The smallest absolute Gasteiger partial charge is 0.416 e. The van der Waals surface area contributed by atoms with E-state index in [1.54, 1.807) is 24.3 Å². The Kier molecular flexibility index (Phi) is 8.32. The average molecular weight is 504 g/mol. The van der Waals surface area contributed by atoms with Gasteiger partial charge >= 0.3 is 18.4 Å². The molecule has 3 atom stereocenters. The summed E-state index contributed by atoms with van der Waals surface area (Å²) in [6.45, 7) is 1.49. The molecular formula is C24H26F6N2O3. The Hall–Kier alpha value is -2.79. The highest BCUT2D eigenvalue weighted by atomic mass is 19.4. The summed E-state index contributed by atoms with van der Waals surface area (Å²) >= 11 is 0. The minimum atomic E-state index is -4.95. The van der Waals surface area contributed by atoms with Crippen molar-refractivity contribution in [3.05, 3.63) is 70.8 Å². The number of amides is 1. The van der Waals surface area contributed by atoms with Gasteiger partial charge < -0.3 is 20.1 Å². The molecule has 1 amide bonds. The summed E-state index contributed by atoms with van der Waals surface area (Å²) in [5.74, 6) is 0. The molecule has 2 aromatic rings. The number of hydrogen-bond acceptors (Lipinski definition) is 4. The maximum Gasteiger partial charge on any atom is 0.416 e. The number of carbonyl (C=O) groups excluding carboxylic acids is 1. The van der Waals surface area contributed by atoms with Crippen LogP contribution in [0.2, 0.25) is 0 Å². The normalized spacial score (nSPS) is 19.9. The van der Waals surface area contributed by atoms with Gasteiger partial charge in [-0.1, -0.05) is 30.3 Å². The van der Waals surface area contributed by atoms with Gasteiger partial charge in [0.05, 0.1) is 29.9 Å². The van der Waals surface area contributed by atoms with Gasteiger partial charge in [0, 0.05) is 12.6 Å². The number of halogens is 6. The minimum Gasteiger partial charge on any atom is -0.445 e. The van der Waals surface area contributed by atoms with Crippen molar-refractivity contribution in [2.24, 2.45) is 5.73 Å². The van der Waals surface area contributed by atoms with Crippen molar-refractivity contribution in [3.8, 4) is 0 Å². The van der Waals surface area contributed by atoms with Crippen molar-refractivity contribution in [3.63, 3.8) is 0 Å². The number of rotatable bonds is 6. The number of hydrogen-bond donors (Lipinski definition) is 1. The first kappa shape index (κ1) is 26.8. The molecule has 3 rings (SSSR count). The zero-order valence-corrected chi connectivity index (χ0v) is 18.9. The van der Waals surface area contributed by atoms with Gasteiger partial charge in [-0.05, 0) is 49.1 Å². The molecule has 192 valence electrons. The molecule has 0 bridgehead atoms. The fourth-order valence-electron chi connectivity index (χ4n) is 3.82. The number of carbonyl (C=O) groups is 1. The van der Waals surface area contributed by atoms with E-state index in [0.717, 1.165) is 5.56 Å². The predicted molar refractivity (Wildman–Crippen MR) is 115 cm³/mol. The fourth-order valence-corrected chi connectivity index (χ4v) is 3.82. The van der Waals surface area contributed by atoms with Gasteiger partial charge in [-0.3, -0.25) is 0 Å². The molecule has 5 nitrogen and oxygen atoms in total. The summed E-state index contributed by atoms with van der Waals surface area (Å²) in [5.41, 5.74) is 3.69. The molecule has 0 aliphatic carbocycles. The van der Waals surface area contributed by atoms with Gasteiger partial charge in [0.15, 0.2) is 0 Å². The van der Waals surface area contributed by atoms with Crippen molar-refractivity contribution in [1.29, 1.82) is 0 Å². The van der Waals surface area contributed by atoms with Gasteiger partial charge in [-0.2, -0.15) is 26.3 Å². The van der Waals surface area contributed by atoms with Crippen molar-refractivity contribution in [2.45, 2.75) is 56.9 Å². The monoisotopic (exact) mass is 504 g/mol. The summed E-state index contributed by atoms with van der Waals surface area (Å²) in [4.78, 5) is 14.1. The lowest BCUT2D eigenvalue weighted by atomic mass is 9.99. The van der Waals surface area contributed by atoms with E-state index in [1.165, 1.54) is 11.8 Å². The summed E-state index contributed by atoms with van der Waals surface area (Å²) < 4.78 is 90.0. The lowest BCUT2D eigenvalue weighted by Gasteiger charge is -2.38. The minimum absolute atomic E-state index is 0.0415. The Balaban J connectivity index is 1.70. The maximum atomic E-state index is 13.2. The largest absolute Gasteiger partial charge is 0.445 e. The second kappa shape index (κ2) is 10.9. The van der Waals surface area contributed by atoms with E-state index in [2.05, 4.69) is 0 Å². The quantitative estimate of drug-likeness (QED) is 0.496. The van der Waals surface area contributed by atoms with Crippen molar-refractivity contribution in [1.82, 2.24) is 4.90 Å². The molecule has 0 spiro atoms. The summed E-state index contributed by atoms with van der Waals surface area (Å²) in [6, 6.07) is 9.59. The Morgan fingerprint density at radius 1 is 1.03 bits per heavy atom. The van der Waals surface area contributed by atoms with Crippen LogP contribution in [0.15, 0.2) is 48.5 Å². The Morgan fingerprint density at radius 2 is 1.63 bits per heavy atom. The van der Waals surface area contributed by atoms with Crippen LogP contribution in [0.1, 0.15) is 48.1 Å². The van der Waals surface area contributed by atoms with E-state index in [0.29, 0.717) is 25.0 Å². The molecule has 1 fully saturated rings. The molecule has 1 aliphatic heterocycles. The Bertz CT molecular complexity index is 965. The molecule has 11 heteroatoms. The molecule has 0 aromatic heterocycles. The maximum absolute atomic E-state index is 13.2. The highest BCUT2D eigenvalue weighted by molar-refractivity contribution is 5.68. The number of piperidine rings is 1. The predicted octanol–water partition coefficient (Wildman–Crippen LogP) is 5.93. The zero-order valence-electron chi connectivity index (χ0n) is 18.9. The Morgan fingerprint density at radius 3 is 2.20 bits per heavy atom. The molecule has 0 saturated carbocycles. The highest BCUT2D eigenvalue weighted by Gasteiger charge is 2.38. The van der Waals surface area contributed by atoms with Gasteiger partial charge in [-0.15, -0.1) is 0 Å². The number of nitrogens with two attached hydrogens (primary N) is 1. The molecule has 1 unspecified atom stereocenters. The fraction of sp³-hybridized carbons (Fsp3) is 0.458. The van der Waals surface area contributed by atoms with Gasteiger partial charge in [0.1, 0.15) is 6.61 Å². The average Bonchev–Trinajstić information content (AvgIpc) is 2.80. The molecule has 0 radical (unpaired) electrons. The lowest BCUT2D eigenvalue weighted by molar-refractivity contribution is -0.143. The van der Waals surface area contributed by atoms with Crippen LogP contribution in [-0.2, 0) is 28.4 Å². The van der Waals surface area contributed by atoms with Crippen LogP contribution in [0.3, 0.4) is 0 Å². The number of likely N-dealkylation sites (tertiary alicyclic amines) is 1. The van der Waals surface area contributed by atoms with Crippen LogP contribution in [0.25, 0.3) is 0 Å². The van der Waals surface area contributed by atoms with E-state index in [9.17, 15) is 31.1 Å². The van der Waals surface area contributed by atoms with Crippen LogP contribution in [0.5, 0.6) is 0 Å². The first-order valence-electron chi connectivity index (χ1n) is 11.0. The standard InChI is InChI=1S/C24H26F6N2O3/c1-15(17-9-18(23(25,26)27)11-19(10-17)24(28,29)30)34-14-21-8-7-20(31)12-32(21)22(33)35-13-16-5-3-2-4-6-16/h2-6,9-11,15,20-21H,7-8,12-14,31H2,1H3/t15-,20?,21-/m1/s1. The van der Waals surface area contributed by atoms with E-state index in [4.69, 9.17) is 15.2 Å². The number of alkyl halides is 6. The van der Waals surface area contributed by atoms with Crippen molar-refractivity contribution >= 4 is 6.09 Å². The van der Waals surface area contributed by atoms with E-state index in [1.807, 2.05) is 6.07 Å². The van der Waals surface area contributed by atoms with E-state index >= 15 is 0 Å². The van der Waals surface area contributed by atoms with Crippen molar-refractivity contribution < 1.29 is 40.6 Å². The lowest BCUT2D eigenvalue weighted by Crippen LogP contribution is -2.53. The van der Waals surface area contributed by atoms with Gasteiger partial charge in [-0.25, -0.2) is 4.79 Å². The SMILES string of the molecule is C[C@@H](OC[C@H]1CCC(N)CN1C(=O)OCc1ccccc1)c1cc(C(F)(F)F)cc(C(F)(F)F)c1. The third kappa shape index (κ3) is 7.35. The topological polar surface area (TPSA) is 64.8 Å². The Labute approximate surface area is 198 Å². The van der Waals surface area contributed by atoms with E-state index in [-0.39, 0.29) is 37.4 Å². The van der Waals surface area contributed by atoms with E-state index < -0.39 is 41.7 Å². The first-order valence-corrected chi connectivity index (χ1v) is 11.0. The van der Waals surface area contributed by atoms with Gasteiger partial charge in [0.25, 0.3) is 0 Å². The second-order valence-corrected chi connectivity index (χ2v) is 8.50. The molecule has 35 heavy (non-hydrogen) atoms. The third-order valence-corrected chi connectivity index (χ3v) is 5.80. The molecular weight excluding hydrogens is 478 g/mol. The van der Waals surface area contributed by atoms with Gasteiger partial charge in [0.2, 0.25) is 0 Å². The van der Waals surface area contributed by atoms with Crippen LogP contribution < -0.4 is 5.73 Å².